The molecule has 5 heteroatoms. The minimum absolute atomic E-state index is 0.100. The van der Waals surface area contributed by atoms with Crippen LogP contribution >= 0.6 is 0 Å². The van der Waals surface area contributed by atoms with Crippen molar-refractivity contribution in [3.8, 4) is 0 Å². The van der Waals surface area contributed by atoms with Crippen molar-refractivity contribution >= 4 is 22.8 Å². The summed E-state index contributed by atoms with van der Waals surface area (Å²) >= 11 is 0. The van der Waals surface area contributed by atoms with Gasteiger partial charge < -0.3 is 15.4 Å². The number of carboxylic acids is 1. The van der Waals surface area contributed by atoms with Crippen molar-refractivity contribution in [3.63, 3.8) is 0 Å². The maximum absolute atomic E-state index is 11.9. The van der Waals surface area contributed by atoms with E-state index >= 15 is 0 Å². The van der Waals surface area contributed by atoms with Crippen molar-refractivity contribution in [2.45, 2.75) is 32.6 Å². The molecule has 3 N–H and O–H groups in total. The predicted octanol–water partition coefficient (Wildman–Crippen LogP) is 2.72. The third kappa shape index (κ3) is 4.35. The zero-order chi connectivity index (χ0) is 15.9. The second kappa shape index (κ2) is 7.64. The van der Waals surface area contributed by atoms with E-state index in [2.05, 4.69) is 16.4 Å². The van der Waals surface area contributed by atoms with E-state index in [1.54, 1.807) is 0 Å². The van der Waals surface area contributed by atoms with Crippen LogP contribution in [0.15, 0.2) is 30.5 Å². The van der Waals surface area contributed by atoms with Crippen LogP contribution in [0.2, 0.25) is 0 Å². The molecule has 1 atom stereocenters. The molecule has 22 heavy (non-hydrogen) atoms. The molecular weight excluding hydrogens is 280 g/mol. The lowest BCUT2D eigenvalue weighted by Crippen LogP contribution is -2.33. The molecule has 0 spiro atoms. The van der Waals surface area contributed by atoms with Crippen LogP contribution < -0.4 is 5.32 Å². The van der Waals surface area contributed by atoms with Crippen molar-refractivity contribution in [1.82, 2.24) is 10.3 Å². The Morgan fingerprint density at radius 1 is 1.32 bits per heavy atom. The molecule has 1 amide bonds. The standard InChI is InChI=1S/C17H22N2O3/c1-2-3-14(17(21)22)11-19-16(20)7-5-12-4-6-15-13(10-12)8-9-18-15/h4,6,8-10,14,18H,2-3,5,7,11H2,1H3,(H,19,20)(H,21,22). The highest BCUT2D eigenvalue weighted by Crippen LogP contribution is 2.15. The number of carbonyl (C=O) groups excluding carboxylic acids is 1. The molecule has 1 aromatic carbocycles. The number of rotatable bonds is 8. The van der Waals surface area contributed by atoms with Crippen LogP contribution in [0.3, 0.4) is 0 Å². The molecule has 0 saturated carbocycles. The molecule has 0 fully saturated rings. The van der Waals surface area contributed by atoms with Gasteiger partial charge in [-0.3, -0.25) is 9.59 Å². The molecule has 0 radical (unpaired) electrons. The SMILES string of the molecule is CCCC(CNC(=O)CCc1ccc2[nH]ccc2c1)C(=O)O. The van der Waals surface area contributed by atoms with Gasteiger partial charge in [0.25, 0.3) is 0 Å². The number of aryl methyl sites for hydroxylation is 1. The molecule has 2 rings (SSSR count). The number of carbonyl (C=O) groups is 2. The highest BCUT2D eigenvalue weighted by Gasteiger charge is 2.17. The molecule has 0 bridgehead atoms. The Bertz CT molecular complexity index is 648. The van der Waals surface area contributed by atoms with Crippen molar-refractivity contribution in [3.05, 3.63) is 36.0 Å². The Kier molecular flexibility index (Phi) is 5.58. The number of H-pyrrole nitrogens is 1. The summed E-state index contributed by atoms with van der Waals surface area (Å²) in [5.41, 5.74) is 2.18. The van der Waals surface area contributed by atoms with Gasteiger partial charge in [-0.25, -0.2) is 0 Å². The highest BCUT2D eigenvalue weighted by atomic mass is 16.4. The largest absolute Gasteiger partial charge is 0.481 e. The first-order valence-electron chi connectivity index (χ1n) is 7.65. The number of amides is 1. The van der Waals surface area contributed by atoms with E-state index in [0.717, 1.165) is 22.9 Å². The number of aliphatic carboxylic acids is 1. The summed E-state index contributed by atoms with van der Waals surface area (Å²) in [6.45, 7) is 2.15. The quantitative estimate of drug-likeness (QED) is 0.701. The first kappa shape index (κ1) is 16.1. The molecule has 2 aromatic rings. The number of benzene rings is 1. The van der Waals surface area contributed by atoms with Crippen LogP contribution in [0.5, 0.6) is 0 Å². The summed E-state index contributed by atoms with van der Waals surface area (Å²) in [4.78, 5) is 26.0. The number of aromatic nitrogens is 1. The van der Waals surface area contributed by atoms with E-state index in [-0.39, 0.29) is 12.5 Å². The fourth-order valence-electron chi connectivity index (χ4n) is 2.50. The normalized spacial score (nSPS) is 12.2. The van der Waals surface area contributed by atoms with E-state index in [1.165, 1.54) is 0 Å². The molecule has 118 valence electrons. The van der Waals surface area contributed by atoms with Gasteiger partial charge in [-0.2, -0.15) is 0 Å². The van der Waals surface area contributed by atoms with Gasteiger partial charge in [0.1, 0.15) is 0 Å². The van der Waals surface area contributed by atoms with Gasteiger partial charge in [0.05, 0.1) is 5.92 Å². The molecule has 1 aromatic heterocycles. The Morgan fingerprint density at radius 3 is 2.86 bits per heavy atom. The third-order valence-electron chi connectivity index (χ3n) is 3.79. The third-order valence-corrected chi connectivity index (χ3v) is 3.79. The lowest BCUT2D eigenvalue weighted by Gasteiger charge is -2.12. The summed E-state index contributed by atoms with van der Waals surface area (Å²) in [6, 6.07) is 8.07. The first-order valence-corrected chi connectivity index (χ1v) is 7.65. The number of nitrogens with one attached hydrogen (secondary N) is 2. The van der Waals surface area contributed by atoms with E-state index < -0.39 is 11.9 Å². The van der Waals surface area contributed by atoms with Crippen molar-refractivity contribution in [2.24, 2.45) is 5.92 Å². The molecular formula is C17H22N2O3. The maximum atomic E-state index is 11.9. The van der Waals surface area contributed by atoms with E-state index in [1.807, 2.05) is 31.3 Å². The number of carboxylic acid groups (broad SMARTS) is 1. The Morgan fingerprint density at radius 2 is 2.14 bits per heavy atom. The Labute approximate surface area is 129 Å². The number of fused-ring (bicyclic) bond motifs is 1. The van der Waals surface area contributed by atoms with Crippen LogP contribution in [0.1, 0.15) is 31.7 Å². The smallest absolute Gasteiger partial charge is 0.308 e. The van der Waals surface area contributed by atoms with Crippen molar-refractivity contribution in [2.75, 3.05) is 6.54 Å². The Hall–Kier alpha value is -2.30. The molecule has 1 heterocycles. The second-order valence-corrected chi connectivity index (χ2v) is 5.53. The highest BCUT2D eigenvalue weighted by molar-refractivity contribution is 5.80. The van der Waals surface area contributed by atoms with Gasteiger partial charge in [0, 0.05) is 24.7 Å². The van der Waals surface area contributed by atoms with Crippen LogP contribution in [0, 0.1) is 5.92 Å². The van der Waals surface area contributed by atoms with Crippen molar-refractivity contribution < 1.29 is 14.7 Å². The maximum Gasteiger partial charge on any atom is 0.308 e. The monoisotopic (exact) mass is 302 g/mol. The average Bonchev–Trinajstić information content (AvgIpc) is 2.96. The predicted molar refractivity (Wildman–Crippen MR) is 85.7 cm³/mol. The number of hydrogen-bond donors (Lipinski definition) is 3. The summed E-state index contributed by atoms with van der Waals surface area (Å²) in [6.07, 6.45) is 4.29. The zero-order valence-corrected chi connectivity index (χ0v) is 12.8. The van der Waals surface area contributed by atoms with Gasteiger partial charge in [-0.15, -0.1) is 0 Å². The van der Waals surface area contributed by atoms with Gasteiger partial charge in [-0.05, 0) is 42.0 Å². The van der Waals surface area contributed by atoms with E-state index in [4.69, 9.17) is 5.11 Å². The lowest BCUT2D eigenvalue weighted by atomic mass is 10.0. The van der Waals surface area contributed by atoms with Crippen LogP contribution in [0.25, 0.3) is 10.9 Å². The molecule has 1 unspecified atom stereocenters. The zero-order valence-electron chi connectivity index (χ0n) is 12.8. The summed E-state index contributed by atoms with van der Waals surface area (Å²) in [5, 5.41) is 12.9. The lowest BCUT2D eigenvalue weighted by molar-refractivity contribution is -0.141. The minimum Gasteiger partial charge on any atom is -0.481 e. The van der Waals surface area contributed by atoms with Crippen molar-refractivity contribution in [1.29, 1.82) is 0 Å². The summed E-state index contributed by atoms with van der Waals surface area (Å²) in [7, 11) is 0. The molecule has 0 aliphatic rings. The average molecular weight is 302 g/mol. The molecule has 0 saturated heterocycles. The second-order valence-electron chi connectivity index (χ2n) is 5.53. The van der Waals surface area contributed by atoms with Crippen LogP contribution in [-0.4, -0.2) is 28.5 Å². The first-order chi connectivity index (χ1) is 10.6. The van der Waals surface area contributed by atoms with Gasteiger partial charge in [0.15, 0.2) is 0 Å². The molecule has 0 aliphatic heterocycles. The van der Waals surface area contributed by atoms with Gasteiger partial charge in [0.2, 0.25) is 5.91 Å². The minimum atomic E-state index is -0.847. The molecule has 0 aliphatic carbocycles. The van der Waals surface area contributed by atoms with Crippen LogP contribution in [0.4, 0.5) is 0 Å². The Balaban J connectivity index is 1.80. The number of aromatic amines is 1. The molecule has 5 nitrogen and oxygen atoms in total. The topological polar surface area (TPSA) is 82.2 Å². The van der Waals surface area contributed by atoms with E-state index in [9.17, 15) is 9.59 Å². The summed E-state index contributed by atoms with van der Waals surface area (Å²) in [5.74, 6) is -1.44. The van der Waals surface area contributed by atoms with Gasteiger partial charge >= 0.3 is 5.97 Å². The van der Waals surface area contributed by atoms with E-state index in [0.29, 0.717) is 19.3 Å². The van der Waals surface area contributed by atoms with Gasteiger partial charge in [-0.1, -0.05) is 19.4 Å². The fraction of sp³-hybridized carbons (Fsp3) is 0.412. The van der Waals surface area contributed by atoms with Crippen LogP contribution in [-0.2, 0) is 16.0 Å². The fourth-order valence-corrected chi connectivity index (χ4v) is 2.50. The summed E-state index contributed by atoms with van der Waals surface area (Å²) < 4.78 is 0. The number of hydrogen-bond acceptors (Lipinski definition) is 2.